The molecule has 0 atom stereocenters. The molecule has 25 heavy (non-hydrogen) atoms. The predicted molar refractivity (Wildman–Crippen MR) is 95.7 cm³/mol. The van der Waals surface area contributed by atoms with Crippen LogP contribution in [0.1, 0.15) is 25.7 Å². The fraction of sp³-hybridized carbons (Fsp3) is 0.562. The van der Waals surface area contributed by atoms with Gasteiger partial charge in [-0.05, 0) is 31.0 Å². The minimum Gasteiger partial charge on any atom is -0.383 e. The summed E-state index contributed by atoms with van der Waals surface area (Å²) in [7, 11) is -0.731. The van der Waals surface area contributed by atoms with Crippen molar-refractivity contribution in [3.05, 3.63) is 24.3 Å². The topological polar surface area (TPSA) is 99.8 Å². The summed E-state index contributed by atoms with van der Waals surface area (Å²) in [6.45, 7) is 0.896. The van der Waals surface area contributed by atoms with Crippen molar-refractivity contribution in [2.75, 3.05) is 32.5 Å². The van der Waals surface area contributed by atoms with Crippen molar-refractivity contribution >= 4 is 21.7 Å². The Hall–Kier alpha value is -1.84. The number of nitrogens with zero attached hydrogens (tertiary/aromatic N) is 1. The predicted octanol–water partition coefficient (Wildman–Crippen LogP) is 1.52. The molecule has 1 aliphatic rings. The summed E-state index contributed by atoms with van der Waals surface area (Å²) >= 11 is 0. The van der Waals surface area contributed by atoms with E-state index in [1.54, 1.807) is 25.2 Å². The SMILES string of the molecule is CNC(=O)NCCNc1cccc(S(=O)(=O)N(C)OC2CCCC2)c1. The van der Waals surface area contributed by atoms with E-state index in [4.69, 9.17) is 4.84 Å². The van der Waals surface area contributed by atoms with Crippen molar-refractivity contribution in [2.45, 2.75) is 36.7 Å². The first-order valence-electron chi connectivity index (χ1n) is 8.38. The van der Waals surface area contributed by atoms with Gasteiger partial charge in [0.15, 0.2) is 0 Å². The highest BCUT2D eigenvalue weighted by Crippen LogP contribution is 2.25. The number of benzene rings is 1. The van der Waals surface area contributed by atoms with Crippen LogP contribution in [-0.2, 0) is 14.9 Å². The number of hydrogen-bond acceptors (Lipinski definition) is 5. The molecule has 0 unspecified atom stereocenters. The van der Waals surface area contributed by atoms with Crippen LogP contribution >= 0.6 is 0 Å². The molecule has 140 valence electrons. The highest BCUT2D eigenvalue weighted by molar-refractivity contribution is 7.89. The van der Waals surface area contributed by atoms with Crippen molar-refractivity contribution in [3.63, 3.8) is 0 Å². The van der Waals surface area contributed by atoms with Crippen LogP contribution in [0.5, 0.6) is 0 Å². The number of rotatable bonds is 8. The van der Waals surface area contributed by atoms with Gasteiger partial charge in [-0.15, -0.1) is 0 Å². The second kappa shape index (κ2) is 9.02. The Morgan fingerprint density at radius 1 is 1.28 bits per heavy atom. The number of nitrogens with one attached hydrogen (secondary N) is 3. The maximum atomic E-state index is 12.6. The molecule has 0 aromatic heterocycles. The summed E-state index contributed by atoms with van der Waals surface area (Å²) in [5, 5.41) is 8.19. The highest BCUT2D eigenvalue weighted by Gasteiger charge is 2.26. The fourth-order valence-corrected chi connectivity index (χ4v) is 3.70. The van der Waals surface area contributed by atoms with Gasteiger partial charge in [-0.2, -0.15) is 0 Å². The van der Waals surface area contributed by atoms with Crippen molar-refractivity contribution < 1.29 is 18.0 Å². The molecule has 1 aromatic carbocycles. The van der Waals surface area contributed by atoms with E-state index >= 15 is 0 Å². The normalized spacial score (nSPS) is 15.3. The third-order valence-corrected chi connectivity index (χ3v) is 5.65. The van der Waals surface area contributed by atoms with Crippen molar-refractivity contribution in [3.8, 4) is 0 Å². The standard InChI is InChI=1S/C16H26N4O4S/c1-17-16(21)19-11-10-18-13-6-5-9-15(12-13)25(22,23)20(2)24-14-7-3-4-8-14/h5-6,9,12,14,18H,3-4,7-8,10-11H2,1-2H3,(H2,17,19,21). The van der Waals surface area contributed by atoms with Crippen LogP contribution in [0.15, 0.2) is 29.2 Å². The lowest BCUT2D eigenvalue weighted by atomic mass is 10.3. The van der Waals surface area contributed by atoms with Gasteiger partial charge in [-0.25, -0.2) is 13.2 Å². The monoisotopic (exact) mass is 370 g/mol. The van der Waals surface area contributed by atoms with Crippen LogP contribution < -0.4 is 16.0 Å². The lowest BCUT2D eigenvalue weighted by molar-refractivity contribution is -0.113. The van der Waals surface area contributed by atoms with E-state index in [0.29, 0.717) is 18.8 Å². The second-order valence-electron chi connectivity index (χ2n) is 5.89. The van der Waals surface area contributed by atoms with Crippen LogP contribution in [0.4, 0.5) is 10.5 Å². The molecular formula is C16H26N4O4S. The van der Waals surface area contributed by atoms with Gasteiger partial charge >= 0.3 is 6.03 Å². The first-order chi connectivity index (χ1) is 11.9. The minimum absolute atomic E-state index is 0.0307. The van der Waals surface area contributed by atoms with E-state index in [2.05, 4.69) is 16.0 Å². The Labute approximate surface area is 148 Å². The molecule has 8 nitrogen and oxygen atoms in total. The molecule has 0 heterocycles. The number of hydrogen-bond donors (Lipinski definition) is 3. The molecule has 0 aliphatic heterocycles. The van der Waals surface area contributed by atoms with E-state index in [9.17, 15) is 13.2 Å². The van der Waals surface area contributed by atoms with E-state index in [0.717, 1.165) is 30.2 Å². The van der Waals surface area contributed by atoms with Crippen LogP contribution in [-0.4, -0.2) is 52.2 Å². The molecule has 3 N–H and O–H groups in total. The molecule has 0 saturated heterocycles. The molecule has 0 bridgehead atoms. The number of amides is 2. The van der Waals surface area contributed by atoms with Crippen LogP contribution in [0.2, 0.25) is 0 Å². The quantitative estimate of drug-likeness (QED) is 0.476. The zero-order valence-electron chi connectivity index (χ0n) is 14.6. The zero-order valence-corrected chi connectivity index (χ0v) is 15.4. The third kappa shape index (κ3) is 5.58. The lowest BCUT2D eigenvalue weighted by Crippen LogP contribution is -2.35. The fourth-order valence-electron chi connectivity index (χ4n) is 2.65. The summed E-state index contributed by atoms with van der Waals surface area (Å²) < 4.78 is 26.2. The number of sulfonamides is 1. The van der Waals surface area contributed by atoms with E-state index in [-0.39, 0.29) is 17.0 Å². The smallest absolute Gasteiger partial charge is 0.314 e. The Morgan fingerprint density at radius 2 is 2.00 bits per heavy atom. The van der Waals surface area contributed by atoms with Crippen molar-refractivity contribution in [1.82, 2.24) is 15.1 Å². The summed E-state index contributed by atoms with van der Waals surface area (Å²) in [5.41, 5.74) is 0.661. The maximum absolute atomic E-state index is 12.6. The number of urea groups is 1. The number of carbonyl (C=O) groups is 1. The molecule has 0 radical (unpaired) electrons. The summed E-state index contributed by atoms with van der Waals surface area (Å²) in [4.78, 5) is 16.8. The van der Waals surface area contributed by atoms with Crippen molar-refractivity contribution in [1.29, 1.82) is 0 Å². The summed E-state index contributed by atoms with van der Waals surface area (Å²) in [6, 6.07) is 6.28. The Bertz CT molecular complexity index is 674. The molecule has 1 fully saturated rings. The van der Waals surface area contributed by atoms with Crippen molar-refractivity contribution in [2.24, 2.45) is 0 Å². The minimum atomic E-state index is -3.71. The number of carbonyl (C=O) groups excluding carboxylic acids is 1. The first kappa shape index (κ1) is 19.5. The molecule has 0 spiro atoms. The van der Waals surface area contributed by atoms with E-state index in [1.165, 1.54) is 13.1 Å². The average molecular weight is 370 g/mol. The van der Waals surface area contributed by atoms with E-state index in [1.807, 2.05) is 0 Å². The van der Waals surface area contributed by atoms with Gasteiger partial charge in [-0.3, -0.25) is 4.84 Å². The Morgan fingerprint density at radius 3 is 2.68 bits per heavy atom. The van der Waals surface area contributed by atoms with Gasteiger partial charge in [0.05, 0.1) is 11.0 Å². The molecular weight excluding hydrogens is 344 g/mol. The van der Waals surface area contributed by atoms with Gasteiger partial charge in [-0.1, -0.05) is 23.4 Å². The molecule has 9 heteroatoms. The van der Waals surface area contributed by atoms with Crippen LogP contribution in [0, 0.1) is 0 Å². The molecule has 2 amide bonds. The van der Waals surface area contributed by atoms with Gasteiger partial charge in [0.2, 0.25) is 0 Å². The summed E-state index contributed by atoms with van der Waals surface area (Å²) in [5.74, 6) is 0. The Kier molecular flexibility index (Phi) is 7.03. The first-order valence-corrected chi connectivity index (χ1v) is 9.82. The van der Waals surface area contributed by atoms with Gasteiger partial charge in [0, 0.05) is 32.9 Å². The lowest BCUT2D eigenvalue weighted by Gasteiger charge is -2.21. The Balaban J connectivity index is 1.94. The zero-order chi connectivity index (χ0) is 18.3. The number of anilines is 1. The van der Waals surface area contributed by atoms with E-state index < -0.39 is 10.0 Å². The summed E-state index contributed by atoms with van der Waals surface area (Å²) in [6.07, 6.45) is 3.89. The second-order valence-corrected chi connectivity index (χ2v) is 7.82. The highest BCUT2D eigenvalue weighted by atomic mass is 32.2. The van der Waals surface area contributed by atoms with Gasteiger partial charge in [0.25, 0.3) is 10.0 Å². The maximum Gasteiger partial charge on any atom is 0.314 e. The molecule has 2 rings (SSSR count). The molecule has 1 saturated carbocycles. The van der Waals surface area contributed by atoms with Crippen LogP contribution in [0.3, 0.4) is 0 Å². The van der Waals surface area contributed by atoms with Gasteiger partial charge in [0.1, 0.15) is 0 Å². The average Bonchev–Trinajstić information content (AvgIpc) is 3.11. The largest absolute Gasteiger partial charge is 0.383 e. The number of hydroxylamine groups is 1. The molecule has 1 aliphatic carbocycles. The van der Waals surface area contributed by atoms with Crippen LogP contribution in [0.25, 0.3) is 0 Å². The van der Waals surface area contributed by atoms with Gasteiger partial charge < -0.3 is 16.0 Å². The third-order valence-electron chi connectivity index (χ3n) is 4.04. The molecule has 1 aromatic rings.